The molecule has 9 heteroatoms. The molecule has 1 aliphatic heterocycles. The summed E-state index contributed by atoms with van der Waals surface area (Å²) in [5.74, 6) is 0.583. The molecule has 0 saturated carbocycles. The van der Waals surface area contributed by atoms with Gasteiger partial charge in [0.1, 0.15) is 11.5 Å². The lowest BCUT2D eigenvalue weighted by Crippen LogP contribution is -2.44. The van der Waals surface area contributed by atoms with Crippen LogP contribution < -0.4 is 10.2 Å². The van der Waals surface area contributed by atoms with Gasteiger partial charge in [0, 0.05) is 42.5 Å². The Labute approximate surface area is 160 Å². The molecule has 140 valence electrons. The molecule has 1 aliphatic carbocycles. The van der Waals surface area contributed by atoms with Crippen molar-refractivity contribution in [3.8, 4) is 17.3 Å². The molecule has 0 radical (unpaired) electrons. The van der Waals surface area contributed by atoms with E-state index in [9.17, 15) is 4.39 Å². The average Bonchev–Trinajstić information content (AvgIpc) is 3.40. The largest absolute Gasteiger partial charge is 0.336 e. The molecule has 1 saturated heterocycles. The third-order valence-electron chi connectivity index (χ3n) is 5.08. The maximum Gasteiger partial charge on any atom is 0.280 e. The molecule has 5 rings (SSSR count). The number of fused-ring (bicyclic) bond motifs is 1. The van der Waals surface area contributed by atoms with E-state index in [4.69, 9.17) is 16.1 Å². The number of nitrogens with one attached hydrogen (secondary N) is 1. The number of halogens is 2. The fraction of sp³-hybridized carbons (Fsp3) is 0.389. The van der Waals surface area contributed by atoms with Gasteiger partial charge in [-0.3, -0.25) is 0 Å². The first kappa shape index (κ1) is 16.7. The summed E-state index contributed by atoms with van der Waals surface area (Å²) in [6.07, 6.45) is 2.67. The lowest BCUT2D eigenvalue weighted by atomic mass is 10.2. The minimum Gasteiger partial charge on any atom is -0.336 e. The van der Waals surface area contributed by atoms with Gasteiger partial charge in [-0.1, -0.05) is 11.6 Å². The Hall–Kier alpha value is -2.45. The first-order valence-corrected chi connectivity index (χ1v) is 9.44. The first-order chi connectivity index (χ1) is 13.2. The summed E-state index contributed by atoms with van der Waals surface area (Å²) in [7, 11) is 0. The predicted molar refractivity (Wildman–Crippen MR) is 98.9 cm³/mol. The summed E-state index contributed by atoms with van der Waals surface area (Å²) < 4.78 is 21.5. The van der Waals surface area contributed by atoms with E-state index in [0.29, 0.717) is 28.2 Å². The van der Waals surface area contributed by atoms with Gasteiger partial charge >= 0.3 is 0 Å². The molecule has 1 aromatic carbocycles. The molecule has 3 heterocycles. The fourth-order valence-corrected chi connectivity index (χ4v) is 3.93. The quantitative estimate of drug-likeness (QED) is 0.743. The topological polar surface area (TPSA) is 72.0 Å². The summed E-state index contributed by atoms with van der Waals surface area (Å²) in [6.45, 7) is 3.45. The highest BCUT2D eigenvalue weighted by atomic mass is 35.5. The van der Waals surface area contributed by atoms with Gasteiger partial charge in [-0.05, 0) is 42.6 Å². The number of anilines is 1. The van der Waals surface area contributed by atoms with Crippen molar-refractivity contribution in [3.05, 3.63) is 40.3 Å². The smallest absolute Gasteiger partial charge is 0.280 e. The molecule has 0 atom stereocenters. The summed E-state index contributed by atoms with van der Waals surface area (Å²) >= 11 is 6.07. The average molecular weight is 389 g/mol. The van der Waals surface area contributed by atoms with Crippen LogP contribution in [0.4, 0.5) is 10.3 Å². The van der Waals surface area contributed by atoms with E-state index < -0.39 is 0 Å². The van der Waals surface area contributed by atoms with E-state index in [1.165, 1.54) is 12.1 Å². The number of nitrogens with zero attached hydrogens (tertiary/aromatic N) is 5. The molecular formula is C18H18ClFN6O. The predicted octanol–water partition coefficient (Wildman–Crippen LogP) is 2.61. The van der Waals surface area contributed by atoms with Crippen molar-refractivity contribution in [1.82, 2.24) is 25.2 Å². The van der Waals surface area contributed by atoms with Crippen LogP contribution in [0.25, 0.3) is 17.3 Å². The van der Waals surface area contributed by atoms with Crippen molar-refractivity contribution in [2.45, 2.75) is 19.3 Å². The van der Waals surface area contributed by atoms with Gasteiger partial charge in [0.15, 0.2) is 5.69 Å². The van der Waals surface area contributed by atoms with Crippen molar-refractivity contribution in [2.75, 3.05) is 31.1 Å². The lowest BCUT2D eigenvalue weighted by Gasteiger charge is -2.25. The fourth-order valence-electron chi connectivity index (χ4n) is 3.76. The molecule has 3 aromatic rings. The van der Waals surface area contributed by atoms with Crippen LogP contribution in [0.3, 0.4) is 0 Å². The van der Waals surface area contributed by atoms with Gasteiger partial charge in [-0.2, -0.15) is 10.1 Å². The number of rotatable bonds is 3. The Morgan fingerprint density at radius 3 is 2.89 bits per heavy atom. The number of hydrogen-bond acceptors (Lipinski definition) is 6. The molecule has 1 N–H and O–H groups in total. The van der Waals surface area contributed by atoms with Crippen molar-refractivity contribution >= 4 is 17.5 Å². The third kappa shape index (κ3) is 2.89. The second kappa shape index (κ2) is 6.61. The molecule has 0 unspecified atom stereocenters. The van der Waals surface area contributed by atoms with Crippen LogP contribution >= 0.6 is 11.6 Å². The first-order valence-electron chi connectivity index (χ1n) is 9.06. The third-order valence-corrected chi connectivity index (χ3v) is 5.32. The van der Waals surface area contributed by atoms with Gasteiger partial charge in [0.25, 0.3) is 11.8 Å². The Kier molecular flexibility index (Phi) is 4.09. The SMILES string of the molecule is Fc1ccc(Cl)cc1-n1nc(-c2nc(N3CCNCC3)no2)c2c1CCC2. The van der Waals surface area contributed by atoms with Crippen LogP contribution in [0.15, 0.2) is 22.7 Å². The van der Waals surface area contributed by atoms with Crippen LogP contribution in [0.2, 0.25) is 5.02 Å². The zero-order chi connectivity index (χ0) is 18.4. The van der Waals surface area contributed by atoms with E-state index in [2.05, 4.69) is 25.5 Å². The zero-order valence-corrected chi connectivity index (χ0v) is 15.3. The van der Waals surface area contributed by atoms with Crippen molar-refractivity contribution in [1.29, 1.82) is 0 Å². The molecule has 1 fully saturated rings. The van der Waals surface area contributed by atoms with Gasteiger partial charge < -0.3 is 14.7 Å². The second-order valence-electron chi connectivity index (χ2n) is 6.77. The van der Waals surface area contributed by atoms with Gasteiger partial charge in [-0.15, -0.1) is 0 Å². The summed E-state index contributed by atoms with van der Waals surface area (Å²) in [5.41, 5.74) is 3.00. The lowest BCUT2D eigenvalue weighted by molar-refractivity contribution is 0.425. The highest BCUT2D eigenvalue weighted by molar-refractivity contribution is 6.30. The zero-order valence-electron chi connectivity index (χ0n) is 14.6. The number of hydrogen-bond donors (Lipinski definition) is 1. The monoisotopic (exact) mass is 388 g/mol. The standard InChI is InChI=1S/C18H18ClFN6O/c19-11-4-5-13(20)15(10-11)26-14-3-1-2-12(14)16(23-26)17-22-18(24-27-17)25-8-6-21-7-9-25/h4-5,10,21H,1-3,6-9H2. The van der Waals surface area contributed by atoms with Crippen LogP contribution in [0, 0.1) is 5.82 Å². The number of piperazine rings is 1. The van der Waals surface area contributed by atoms with E-state index in [1.54, 1.807) is 10.7 Å². The Balaban J connectivity index is 1.56. The molecule has 0 bridgehead atoms. The Morgan fingerprint density at radius 1 is 1.19 bits per heavy atom. The van der Waals surface area contributed by atoms with Gasteiger partial charge in [0.2, 0.25) is 0 Å². The number of aromatic nitrogens is 4. The van der Waals surface area contributed by atoms with E-state index in [-0.39, 0.29) is 5.82 Å². The van der Waals surface area contributed by atoms with Crippen molar-refractivity contribution < 1.29 is 8.91 Å². The highest BCUT2D eigenvalue weighted by Crippen LogP contribution is 2.34. The normalized spacial score (nSPS) is 16.7. The van der Waals surface area contributed by atoms with E-state index in [0.717, 1.165) is 56.7 Å². The van der Waals surface area contributed by atoms with Gasteiger partial charge in [-0.25, -0.2) is 9.07 Å². The van der Waals surface area contributed by atoms with Crippen LogP contribution in [0.5, 0.6) is 0 Å². The molecule has 0 spiro atoms. The van der Waals surface area contributed by atoms with Crippen LogP contribution in [-0.2, 0) is 12.8 Å². The Bertz CT molecular complexity index is 994. The van der Waals surface area contributed by atoms with Crippen molar-refractivity contribution in [3.63, 3.8) is 0 Å². The highest BCUT2D eigenvalue weighted by Gasteiger charge is 2.29. The van der Waals surface area contributed by atoms with E-state index >= 15 is 0 Å². The molecule has 27 heavy (non-hydrogen) atoms. The number of benzene rings is 1. The van der Waals surface area contributed by atoms with Crippen LogP contribution in [-0.4, -0.2) is 46.1 Å². The molecule has 2 aliphatic rings. The minimum absolute atomic E-state index is 0.341. The molecule has 7 nitrogen and oxygen atoms in total. The summed E-state index contributed by atoms with van der Waals surface area (Å²) in [4.78, 5) is 6.63. The molecule has 0 amide bonds. The van der Waals surface area contributed by atoms with Crippen molar-refractivity contribution in [2.24, 2.45) is 0 Å². The summed E-state index contributed by atoms with van der Waals surface area (Å²) in [5, 5.41) is 12.5. The Morgan fingerprint density at radius 2 is 2.04 bits per heavy atom. The molecule has 2 aromatic heterocycles. The maximum absolute atomic E-state index is 14.4. The molecular weight excluding hydrogens is 371 g/mol. The van der Waals surface area contributed by atoms with E-state index in [1.807, 2.05) is 0 Å². The van der Waals surface area contributed by atoms with Crippen LogP contribution in [0.1, 0.15) is 17.7 Å². The van der Waals surface area contributed by atoms with Gasteiger partial charge in [0.05, 0.1) is 0 Å². The maximum atomic E-state index is 14.4. The second-order valence-corrected chi connectivity index (χ2v) is 7.21. The summed E-state index contributed by atoms with van der Waals surface area (Å²) in [6, 6.07) is 4.48. The minimum atomic E-state index is -0.366.